The first-order chi connectivity index (χ1) is 9.42. The molecule has 0 aliphatic heterocycles. The van der Waals surface area contributed by atoms with Gasteiger partial charge in [-0.1, -0.05) is 36.7 Å². The first kappa shape index (κ1) is 19.4. The van der Waals surface area contributed by atoms with Crippen molar-refractivity contribution in [3.05, 3.63) is 26.6 Å². The van der Waals surface area contributed by atoms with E-state index in [9.17, 15) is 8.42 Å². The molecule has 0 heterocycles. The topological polar surface area (TPSA) is 46.2 Å². The number of rotatable bonds is 5. The summed E-state index contributed by atoms with van der Waals surface area (Å²) in [6.07, 6.45) is 0.732. The van der Waals surface area contributed by atoms with Crippen LogP contribution in [0.25, 0.3) is 0 Å². The molecule has 120 valence electrons. The molecule has 0 amide bonds. The van der Waals surface area contributed by atoms with Gasteiger partial charge in [0.2, 0.25) is 10.0 Å². The van der Waals surface area contributed by atoms with Gasteiger partial charge in [-0.3, -0.25) is 0 Å². The molecule has 1 aromatic carbocycles. The second kappa shape index (κ2) is 7.30. The van der Waals surface area contributed by atoms with Crippen LogP contribution >= 0.6 is 43.5 Å². The van der Waals surface area contributed by atoms with Crippen molar-refractivity contribution in [3.63, 3.8) is 0 Å². The lowest BCUT2D eigenvalue weighted by Gasteiger charge is -2.22. The summed E-state index contributed by atoms with van der Waals surface area (Å²) in [5, 5.41) is -0.243. The van der Waals surface area contributed by atoms with Gasteiger partial charge < -0.3 is 0 Å². The molecule has 1 aromatic rings. The zero-order valence-electron chi connectivity index (χ0n) is 12.5. The molecule has 0 aromatic heterocycles. The fourth-order valence-corrected chi connectivity index (χ4v) is 5.24. The molecule has 0 radical (unpaired) electrons. The van der Waals surface area contributed by atoms with Crippen molar-refractivity contribution < 1.29 is 8.42 Å². The van der Waals surface area contributed by atoms with E-state index in [1.807, 2.05) is 6.92 Å². The number of nitrogens with one attached hydrogen (secondary N) is 1. The van der Waals surface area contributed by atoms with E-state index < -0.39 is 10.0 Å². The van der Waals surface area contributed by atoms with Crippen LogP contribution in [0, 0.1) is 12.3 Å². The lowest BCUT2D eigenvalue weighted by Crippen LogP contribution is -2.32. The number of benzene rings is 1. The van der Waals surface area contributed by atoms with E-state index in [-0.39, 0.29) is 22.2 Å². The Labute approximate surface area is 149 Å². The van der Waals surface area contributed by atoms with Gasteiger partial charge in [0.25, 0.3) is 0 Å². The van der Waals surface area contributed by atoms with Gasteiger partial charge in [0.15, 0.2) is 0 Å². The minimum Gasteiger partial charge on any atom is -0.210 e. The monoisotopic (exact) mass is 459 g/mol. The number of hydrogen-bond acceptors (Lipinski definition) is 2. The normalized spacial score (nSPS) is 14.2. The van der Waals surface area contributed by atoms with Gasteiger partial charge in [-0.2, -0.15) is 0 Å². The molecule has 0 saturated heterocycles. The maximum Gasteiger partial charge on any atom is 0.241 e. The summed E-state index contributed by atoms with van der Waals surface area (Å²) >= 11 is 12.9. The van der Waals surface area contributed by atoms with E-state index in [4.69, 9.17) is 11.6 Å². The minimum atomic E-state index is -3.59. The summed E-state index contributed by atoms with van der Waals surface area (Å²) in [7, 11) is -3.59. The summed E-state index contributed by atoms with van der Waals surface area (Å²) in [5.41, 5.74) is 1.02. The van der Waals surface area contributed by atoms with Crippen LogP contribution in [0.2, 0.25) is 0 Å². The van der Waals surface area contributed by atoms with E-state index in [2.05, 4.69) is 57.4 Å². The Hall–Kier alpha value is 0.380. The maximum atomic E-state index is 12.4. The summed E-state index contributed by atoms with van der Waals surface area (Å²) in [6.45, 7) is 8.33. The lowest BCUT2D eigenvalue weighted by molar-refractivity contribution is 0.369. The van der Waals surface area contributed by atoms with Gasteiger partial charge in [0, 0.05) is 20.9 Å². The quantitative estimate of drug-likeness (QED) is 0.638. The van der Waals surface area contributed by atoms with Gasteiger partial charge in [0.1, 0.15) is 0 Å². The van der Waals surface area contributed by atoms with Gasteiger partial charge in [-0.15, -0.1) is 11.6 Å². The summed E-state index contributed by atoms with van der Waals surface area (Å²) < 4.78 is 28.6. The Balaban J connectivity index is 2.86. The largest absolute Gasteiger partial charge is 0.241 e. The molecule has 1 rings (SSSR count). The molecule has 1 atom stereocenters. The fourth-order valence-electron chi connectivity index (χ4n) is 1.85. The molecule has 0 saturated carbocycles. The average molecular weight is 462 g/mol. The van der Waals surface area contributed by atoms with Crippen molar-refractivity contribution in [2.45, 2.75) is 44.4 Å². The van der Waals surface area contributed by atoms with Crippen LogP contribution < -0.4 is 4.72 Å². The molecule has 1 N–H and O–H groups in total. The minimum absolute atomic E-state index is 0.0608. The third-order valence-corrected chi connectivity index (χ3v) is 6.38. The molecule has 0 aliphatic carbocycles. The number of aryl methyl sites for hydroxylation is 1. The molecule has 7 heteroatoms. The number of halogens is 3. The third kappa shape index (κ3) is 6.18. The molecule has 0 aliphatic rings. The molecule has 3 nitrogen and oxygen atoms in total. The van der Waals surface area contributed by atoms with E-state index >= 15 is 0 Å². The van der Waals surface area contributed by atoms with Crippen LogP contribution in [0.15, 0.2) is 26.0 Å². The summed E-state index contributed by atoms with van der Waals surface area (Å²) in [5.74, 6) is 0. The average Bonchev–Trinajstić information content (AvgIpc) is 2.29. The highest BCUT2D eigenvalue weighted by Crippen LogP contribution is 2.29. The van der Waals surface area contributed by atoms with Crippen molar-refractivity contribution in [3.8, 4) is 0 Å². The SMILES string of the molecule is Cc1cc(Br)c(S(=O)(=O)NCC(Cl)CC(C)(C)C)cc1Br. The number of sulfonamides is 1. The second-order valence-corrected chi connectivity index (χ2v) is 10.3. The Kier molecular flexibility index (Phi) is 6.75. The van der Waals surface area contributed by atoms with E-state index in [1.165, 1.54) is 0 Å². The van der Waals surface area contributed by atoms with Gasteiger partial charge in [0.05, 0.1) is 4.90 Å². The molecule has 0 bridgehead atoms. The number of alkyl halides is 1. The summed E-state index contributed by atoms with van der Waals surface area (Å²) in [6, 6.07) is 3.36. The van der Waals surface area contributed by atoms with Crippen molar-refractivity contribution >= 4 is 53.5 Å². The maximum absolute atomic E-state index is 12.4. The van der Waals surface area contributed by atoms with Crippen LogP contribution in [-0.2, 0) is 10.0 Å². The van der Waals surface area contributed by atoms with E-state index in [1.54, 1.807) is 12.1 Å². The first-order valence-electron chi connectivity index (χ1n) is 6.52. The van der Waals surface area contributed by atoms with Crippen molar-refractivity contribution in [1.82, 2.24) is 4.72 Å². The van der Waals surface area contributed by atoms with Gasteiger partial charge >= 0.3 is 0 Å². The summed E-state index contributed by atoms with van der Waals surface area (Å²) in [4.78, 5) is 0.208. The Bertz CT molecular complexity index is 612. The predicted molar refractivity (Wildman–Crippen MR) is 95.5 cm³/mol. The smallest absolute Gasteiger partial charge is 0.210 e. The first-order valence-corrected chi connectivity index (χ1v) is 10.0. The molecule has 0 spiro atoms. The Morgan fingerprint density at radius 1 is 1.24 bits per heavy atom. The lowest BCUT2D eigenvalue weighted by atomic mass is 9.90. The van der Waals surface area contributed by atoms with Crippen LogP contribution in [0.3, 0.4) is 0 Å². The molecule has 21 heavy (non-hydrogen) atoms. The van der Waals surface area contributed by atoms with Crippen LogP contribution in [0.1, 0.15) is 32.8 Å². The Morgan fingerprint density at radius 2 is 1.81 bits per heavy atom. The molecule has 0 fully saturated rings. The second-order valence-electron chi connectivity index (χ2n) is 6.25. The predicted octanol–water partition coefficient (Wildman–Crippen LogP) is 4.84. The molecular weight excluding hydrogens is 441 g/mol. The zero-order chi connectivity index (χ0) is 16.4. The fraction of sp³-hybridized carbons (Fsp3) is 0.571. The van der Waals surface area contributed by atoms with Crippen LogP contribution in [0.4, 0.5) is 0 Å². The van der Waals surface area contributed by atoms with Crippen LogP contribution in [-0.4, -0.2) is 20.3 Å². The Morgan fingerprint density at radius 3 is 2.33 bits per heavy atom. The van der Waals surface area contributed by atoms with Crippen molar-refractivity contribution in [2.24, 2.45) is 5.41 Å². The molecular formula is C14H20Br2ClNO2S. The van der Waals surface area contributed by atoms with Gasteiger partial charge in [-0.25, -0.2) is 13.1 Å². The number of hydrogen-bond donors (Lipinski definition) is 1. The standard InChI is InChI=1S/C14H20Br2ClNO2S/c1-9-5-12(16)13(6-11(9)15)21(19,20)18-8-10(17)7-14(2,3)4/h5-6,10,18H,7-8H2,1-4H3. The van der Waals surface area contributed by atoms with Crippen LogP contribution in [0.5, 0.6) is 0 Å². The van der Waals surface area contributed by atoms with Crippen molar-refractivity contribution in [2.75, 3.05) is 6.54 Å². The zero-order valence-corrected chi connectivity index (χ0v) is 17.2. The van der Waals surface area contributed by atoms with Crippen molar-refractivity contribution in [1.29, 1.82) is 0 Å². The van der Waals surface area contributed by atoms with Gasteiger partial charge in [-0.05, 0) is 52.4 Å². The van der Waals surface area contributed by atoms with E-state index in [0.717, 1.165) is 16.5 Å². The molecule has 1 unspecified atom stereocenters. The highest BCUT2D eigenvalue weighted by atomic mass is 79.9. The third-order valence-electron chi connectivity index (χ3n) is 2.83. The highest BCUT2D eigenvalue weighted by molar-refractivity contribution is 9.11. The van der Waals surface area contributed by atoms with E-state index in [0.29, 0.717) is 4.47 Å². The highest BCUT2D eigenvalue weighted by Gasteiger charge is 2.22.